The highest BCUT2D eigenvalue weighted by Gasteiger charge is 2.04. The van der Waals surface area contributed by atoms with Crippen molar-refractivity contribution in [2.45, 2.75) is 13.3 Å². The first-order valence-corrected chi connectivity index (χ1v) is 4.55. The van der Waals surface area contributed by atoms with Crippen LogP contribution in [0.2, 0.25) is 0 Å². The van der Waals surface area contributed by atoms with E-state index in [2.05, 4.69) is 17.0 Å². The van der Waals surface area contributed by atoms with Gasteiger partial charge in [-0.15, -0.1) is 0 Å². The highest BCUT2D eigenvalue weighted by molar-refractivity contribution is 5.40. The fourth-order valence-electron chi connectivity index (χ4n) is 1.32. The monoisotopic (exact) mass is 188 g/mol. The fourth-order valence-corrected chi connectivity index (χ4v) is 1.32. The molecule has 0 unspecified atom stereocenters. The molecule has 2 N–H and O–H groups in total. The minimum Gasteiger partial charge on any atom is -0.382 e. The molecule has 2 aromatic heterocycles. The molecular formula is C10H12N4. The van der Waals surface area contributed by atoms with Crippen molar-refractivity contribution in [3.63, 3.8) is 0 Å². The van der Waals surface area contributed by atoms with Crippen LogP contribution >= 0.6 is 0 Å². The average Bonchev–Trinajstić information content (AvgIpc) is 2.61. The van der Waals surface area contributed by atoms with Crippen molar-refractivity contribution in [3.05, 3.63) is 36.3 Å². The zero-order chi connectivity index (χ0) is 9.97. The predicted octanol–water partition coefficient (Wildman–Crippen LogP) is 1.41. The molecule has 2 heterocycles. The van der Waals surface area contributed by atoms with Crippen LogP contribution in [0.25, 0.3) is 5.69 Å². The van der Waals surface area contributed by atoms with E-state index in [4.69, 9.17) is 5.73 Å². The van der Waals surface area contributed by atoms with Gasteiger partial charge in [0.15, 0.2) is 0 Å². The van der Waals surface area contributed by atoms with Crippen LogP contribution in [0, 0.1) is 0 Å². The summed E-state index contributed by atoms with van der Waals surface area (Å²) in [5.74, 6) is 0.594. The van der Waals surface area contributed by atoms with Crippen LogP contribution in [0.3, 0.4) is 0 Å². The smallest absolute Gasteiger partial charge is 0.149 e. The SMILES string of the molecule is CCc1cn(-c2cccnc2)nc1N. The molecule has 0 aliphatic rings. The summed E-state index contributed by atoms with van der Waals surface area (Å²) in [5, 5.41) is 4.21. The first-order valence-electron chi connectivity index (χ1n) is 4.55. The zero-order valence-corrected chi connectivity index (χ0v) is 8.01. The van der Waals surface area contributed by atoms with Gasteiger partial charge in [0, 0.05) is 18.0 Å². The van der Waals surface area contributed by atoms with Gasteiger partial charge in [-0.25, -0.2) is 4.68 Å². The Kier molecular flexibility index (Phi) is 2.18. The predicted molar refractivity (Wildman–Crippen MR) is 55.1 cm³/mol. The van der Waals surface area contributed by atoms with Crippen molar-refractivity contribution in [2.75, 3.05) is 5.73 Å². The normalized spacial score (nSPS) is 10.4. The number of aromatic nitrogens is 3. The summed E-state index contributed by atoms with van der Waals surface area (Å²) in [7, 11) is 0. The van der Waals surface area contributed by atoms with E-state index < -0.39 is 0 Å². The zero-order valence-electron chi connectivity index (χ0n) is 8.01. The first kappa shape index (κ1) is 8.74. The molecule has 0 aliphatic heterocycles. The number of anilines is 1. The number of hydrogen-bond donors (Lipinski definition) is 1. The van der Waals surface area contributed by atoms with Crippen LogP contribution in [-0.2, 0) is 6.42 Å². The van der Waals surface area contributed by atoms with Crippen LogP contribution in [0.5, 0.6) is 0 Å². The van der Waals surface area contributed by atoms with Crippen molar-refractivity contribution < 1.29 is 0 Å². The Morgan fingerprint density at radius 1 is 1.50 bits per heavy atom. The van der Waals surface area contributed by atoms with E-state index in [1.54, 1.807) is 17.1 Å². The minimum absolute atomic E-state index is 0.594. The third-order valence-electron chi connectivity index (χ3n) is 2.11. The number of nitrogen functional groups attached to an aromatic ring is 1. The molecule has 4 nitrogen and oxygen atoms in total. The van der Waals surface area contributed by atoms with E-state index in [1.807, 2.05) is 18.3 Å². The molecule has 0 fully saturated rings. The third-order valence-corrected chi connectivity index (χ3v) is 2.11. The second-order valence-corrected chi connectivity index (χ2v) is 3.05. The van der Waals surface area contributed by atoms with Gasteiger partial charge in [0.2, 0.25) is 0 Å². The molecular weight excluding hydrogens is 176 g/mol. The van der Waals surface area contributed by atoms with Crippen LogP contribution in [0.15, 0.2) is 30.7 Å². The Hall–Kier alpha value is -1.84. The summed E-state index contributed by atoms with van der Waals surface area (Å²) in [6.07, 6.45) is 6.32. The molecule has 14 heavy (non-hydrogen) atoms. The number of nitrogens with two attached hydrogens (primary N) is 1. The van der Waals surface area contributed by atoms with Crippen LogP contribution in [0.1, 0.15) is 12.5 Å². The molecule has 0 saturated carbocycles. The lowest BCUT2D eigenvalue weighted by Crippen LogP contribution is -1.96. The van der Waals surface area contributed by atoms with Gasteiger partial charge in [-0.1, -0.05) is 6.92 Å². The van der Waals surface area contributed by atoms with Gasteiger partial charge in [-0.2, -0.15) is 5.10 Å². The number of pyridine rings is 1. The largest absolute Gasteiger partial charge is 0.382 e. The van der Waals surface area contributed by atoms with Crippen LogP contribution < -0.4 is 5.73 Å². The molecule has 2 aromatic rings. The Morgan fingerprint density at radius 2 is 2.36 bits per heavy atom. The lowest BCUT2D eigenvalue weighted by Gasteiger charge is -1.97. The van der Waals surface area contributed by atoms with Gasteiger partial charge >= 0.3 is 0 Å². The first-order chi connectivity index (χ1) is 6.81. The molecule has 0 atom stereocenters. The number of aryl methyl sites for hydroxylation is 1. The molecule has 4 heteroatoms. The quantitative estimate of drug-likeness (QED) is 0.775. The van der Waals surface area contributed by atoms with E-state index in [-0.39, 0.29) is 0 Å². The molecule has 0 aromatic carbocycles. The standard InChI is InChI=1S/C10H12N4/c1-2-8-7-14(13-10(8)11)9-4-3-5-12-6-9/h3-7H,2H2,1H3,(H2,11,13). The van der Waals surface area contributed by atoms with Gasteiger partial charge in [0.1, 0.15) is 5.82 Å². The van der Waals surface area contributed by atoms with Gasteiger partial charge < -0.3 is 5.73 Å². The van der Waals surface area contributed by atoms with E-state index in [0.717, 1.165) is 17.7 Å². The molecule has 72 valence electrons. The number of hydrogen-bond acceptors (Lipinski definition) is 3. The van der Waals surface area contributed by atoms with Crippen molar-refractivity contribution in [1.29, 1.82) is 0 Å². The van der Waals surface area contributed by atoms with Crippen molar-refractivity contribution >= 4 is 5.82 Å². The van der Waals surface area contributed by atoms with Gasteiger partial charge in [0.05, 0.1) is 11.9 Å². The second-order valence-electron chi connectivity index (χ2n) is 3.05. The molecule has 0 bridgehead atoms. The number of nitrogens with zero attached hydrogens (tertiary/aromatic N) is 3. The van der Waals surface area contributed by atoms with Crippen LogP contribution in [-0.4, -0.2) is 14.8 Å². The molecule has 0 spiro atoms. The summed E-state index contributed by atoms with van der Waals surface area (Å²) >= 11 is 0. The molecule has 0 saturated heterocycles. The fraction of sp³-hybridized carbons (Fsp3) is 0.200. The summed E-state index contributed by atoms with van der Waals surface area (Å²) in [5.41, 5.74) is 7.73. The Morgan fingerprint density at radius 3 is 2.93 bits per heavy atom. The summed E-state index contributed by atoms with van der Waals surface area (Å²) < 4.78 is 1.75. The molecule has 2 rings (SSSR count). The maximum absolute atomic E-state index is 5.74. The Bertz CT molecular complexity index is 419. The van der Waals surface area contributed by atoms with Crippen molar-refractivity contribution in [1.82, 2.24) is 14.8 Å². The van der Waals surface area contributed by atoms with E-state index in [9.17, 15) is 0 Å². The van der Waals surface area contributed by atoms with Gasteiger partial charge in [0.25, 0.3) is 0 Å². The van der Waals surface area contributed by atoms with Crippen molar-refractivity contribution in [3.8, 4) is 5.69 Å². The molecule has 0 aliphatic carbocycles. The summed E-state index contributed by atoms with van der Waals surface area (Å²) in [4.78, 5) is 4.02. The summed E-state index contributed by atoms with van der Waals surface area (Å²) in [6.45, 7) is 2.06. The lowest BCUT2D eigenvalue weighted by atomic mass is 10.3. The van der Waals surface area contributed by atoms with E-state index in [0.29, 0.717) is 5.82 Å². The number of rotatable bonds is 2. The highest BCUT2D eigenvalue weighted by Crippen LogP contribution is 2.13. The van der Waals surface area contributed by atoms with E-state index in [1.165, 1.54) is 0 Å². The highest BCUT2D eigenvalue weighted by atomic mass is 15.3. The molecule has 0 radical (unpaired) electrons. The van der Waals surface area contributed by atoms with Gasteiger partial charge in [-0.05, 0) is 18.6 Å². The maximum atomic E-state index is 5.74. The summed E-state index contributed by atoms with van der Waals surface area (Å²) in [6, 6.07) is 3.82. The topological polar surface area (TPSA) is 56.7 Å². The van der Waals surface area contributed by atoms with Gasteiger partial charge in [-0.3, -0.25) is 4.98 Å². The average molecular weight is 188 g/mol. The van der Waals surface area contributed by atoms with E-state index >= 15 is 0 Å². The van der Waals surface area contributed by atoms with Crippen molar-refractivity contribution in [2.24, 2.45) is 0 Å². The maximum Gasteiger partial charge on any atom is 0.149 e. The second kappa shape index (κ2) is 3.49. The third kappa shape index (κ3) is 1.46. The lowest BCUT2D eigenvalue weighted by molar-refractivity contribution is 0.878. The Labute approximate surface area is 82.4 Å². The minimum atomic E-state index is 0.594. The van der Waals surface area contributed by atoms with Crippen LogP contribution in [0.4, 0.5) is 5.82 Å². The Balaban J connectivity index is 2.43. The molecule has 0 amide bonds.